The number of anilines is 1. The molecule has 1 atom stereocenters. The summed E-state index contributed by atoms with van der Waals surface area (Å²) in [5.74, 6) is 0.426. The van der Waals surface area contributed by atoms with E-state index in [9.17, 15) is 14.4 Å². The molecular formula is C28H33N3O4. The SMILES string of the molecule is COc1ccccc1CC(=O)N1CCC(NC(=O)C2CC(=O)N(c3ccc4c(c3)CCC4)C2)CC1. The second-order valence-electron chi connectivity index (χ2n) is 9.86. The molecule has 2 saturated heterocycles. The summed E-state index contributed by atoms with van der Waals surface area (Å²) >= 11 is 0. The normalized spacial score (nSPS) is 20.1. The number of carbonyl (C=O) groups is 3. The lowest BCUT2D eigenvalue weighted by molar-refractivity contribution is -0.132. The Bertz CT molecular complexity index is 1120. The Morgan fingerprint density at radius 1 is 1.06 bits per heavy atom. The first kappa shape index (κ1) is 23.4. The molecule has 3 aliphatic rings. The van der Waals surface area contributed by atoms with E-state index in [4.69, 9.17) is 4.74 Å². The third-order valence-corrected chi connectivity index (χ3v) is 7.62. The van der Waals surface area contributed by atoms with Gasteiger partial charge in [0.1, 0.15) is 5.75 Å². The quantitative estimate of drug-likeness (QED) is 0.697. The van der Waals surface area contributed by atoms with E-state index >= 15 is 0 Å². The molecule has 35 heavy (non-hydrogen) atoms. The minimum atomic E-state index is -0.332. The van der Waals surface area contributed by atoms with Gasteiger partial charge in [0.15, 0.2) is 0 Å². The van der Waals surface area contributed by atoms with Crippen molar-refractivity contribution in [3.63, 3.8) is 0 Å². The van der Waals surface area contributed by atoms with Crippen molar-refractivity contribution in [2.45, 2.75) is 51.0 Å². The number of methoxy groups -OCH3 is 1. The Labute approximate surface area is 206 Å². The van der Waals surface area contributed by atoms with Crippen LogP contribution in [0, 0.1) is 5.92 Å². The Balaban J connectivity index is 1.11. The van der Waals surface area contributed by atoms with Crippen LogP contribution < -0.4 is 15.0 Å². The van der Waals surface area contributed by atoms with Crippen LogP contribution in [0.5, 0.6) is 5.75 Å². The van der Waals surface area contributed by atoms with Gasteiger partial charge in [-0.1, -0.05) is 24.3 Å². The van der Waals surface area contributed by atoms with E-state index < -0.39 is 0 Å². The van der Waals surface area contributed by atoms with Crippen LogP contribution in [0.4, 0.5) is 5.69 Å². The summed E-state index contributed by atoms with van der Waals surface area (Å²) in [7, 11) is 1.61. The summed E-state index contributed by atoms with van der Waals surface area (Å²) in [6.45, 7) is 1.66. The summed E-state index contributed by atoms with van der Waals surface area (Å²) in [6, 6.07) is 13.9. The first-order chi connectivity index (χ1) is 17.0. The molecule has 7 nitrogen and oxygen atoms in total. The molecule has 1 unspecified atom stereocenters. The summed E-state index contributed by atoms with van der Waals surface area (Å²) in [6.07, 6.45) is 5.34. The van der Waals surface area contributed by atoms with Gasteiger partial charge in [-0.3, -0.25) is 14.4 Å². The topological polar surface area (TPSA) is 79.0 Å². The number of nitrogens with zero attached hydrogens (tertiary/aromatic N) is 2. The van der Waals surface area contributed by atoms with Crippen LogP contribution in [0.1, 0.15) is 42.4 Å². The molecule has 7 heteroatoms. The van der Waals surface area contributed by atoms with E-state index in [1.165, 1.54) is 17.5 Å². The maximum absolute atomic E-state index is 13.0. The first-order valence-corrected chi connectivity index (χ1v) is 12.6. The average molecular weight is 476 g/mol. The maximum Gasteiger partial charge on any atom is 0.227 e. The second kappa shape index (κ2) is 10.1. The molecule has 0 saturated carbocycles. The molecule has 0 bridgehead atoms. The predicted octanol–water partition coefficient (Wildman–Crippen LogP) is 2.89. The molecular weight excluding hydrogens is 442 g/mol. The minimum absolute atomic E-state index is 0.0138. The number of amides is 3. The summed E-state index contributed by atoms with van der Waals surface area (Å²) in [5.41, 5.74) is 4.50. The van der Waals surface area contributed by atoms with Gasteiger partial charge < -0.3 is 19.9 Å². The van der Waals surface area contributed by atoms with Gasteiger partial charge in [-0.05, 0) is 61.4 Å². The zero-order valence-corrected chi connectivity index (χ0v) is 20.3. The minimum Gasteiger partial charge on any atom is -0.496 e. The molecule has 2 aliphatic heterocycles. The highest BCUT2D eigenvalue weighted by Gasteiger charge is 2.36. The first-order valence-electron chi connectivity index (χ1n) is 12.6. The van der Waals surface area contributed by atoms with Gasteiger partial charge >= 0.3 is 0 Å². The number of hydrogen-bond acceptors (Lipinski definition) is 4. The predicted molar refractivity (Wildman–Crippen MR) is 133 cm³/mol. The zero-order valence-electron chi connectivity index (χ0n) is 20.3. The molecule has 0 aromatic heterocycles. The van der Waals surface area contributed by atoms with Crippen molar-refractivity contribution in [1.82, 2.24) is 10.2 Å². The van der Waals surface area contributed by atoms with Gasteiger partial charge in [-0.15, -0.1) is 0 Å². The Morgan fingerprint density at radius 3 is 2.63 bits per heavy atom. The third-order valence-electron chi connectivity index (χ3n) is 7.62. The molecule has 184 valence electrons. The zero-order chi connectivity index (χ0) is 24.4. The van der Waals surface area contributed by atoms with Crippen molar-refractivity contribution >= 4 is 23.4 Å². The highest BCUT2D eigenvalue weighted by atomic mass is 16.5. The van der Waals surface area contributed by atoms with Gasteiger partial charge in [0.25, 0.3) is 0 Å². The average Bonchev–Trinajstić information content (AvgIpc) is 3.50. The number of nitrogens with one attached hydrogen (secondary N) is 1. The smallest absolute Gasteiger partial charge is 0.227 e. The molecule has 2 aromatic carbocycles. The molecule has 0 spiro atoms. The van der Waals surface area contributed by atoms with Crippen LogP contribution in [0.3, 0.4) is 0 Å². The van der Waals surface area contributed by atoms with E-state index in [1.54, 1.807) is 12.0 Å². The van der Waals surface area contributed by atoms with Crippen LogP contribution in [-0.2, 0) is 33.6 Å². The summed E-state index contributed by atoms with van der Waals surface area (Å²) < 4.78 is 5.36. The van der Waals surface area contributed by atoms with Gasteiger partial charge in [-0.25, -0.2) is 0 Å². The van der Waals surface area contributed by atoms with Crippen molar-refractivity contribution in [1.29, 1.82) is 0 Å². The van der Waals surface area contributed by atoms with Gasteiger partial charge in [-0.2, -0.15) is 0 Å². The number of likely N-dealkylation sites (tertiary alicyclic amines) is 1. The largest absolute Gasteiger partial charge is 0.496 e. The third kappa shape index (κ3) is 5.04. The summed E-state index contributed by atoms with van der Waals surface area (Å²) in [5, 5.41) is 3.15. The molecule has 3 amide bonds. The summed E-state index contributed by atoms with van der Waals surface area (Å²) in [4.78, 5) is 42.1. The highest BCUT2D eigenvalue weighted by Crippen LogP contribution is 2.31. The van der Waals surface area contributed by atoms with Crippen molar-refractivity contribution < 1.29 is 19.1 Å². The van der Waals surface area contributed by atoms with E-state index in [0.29, 0.717) is 26.1 Å². The number of para-hydroxylation sites is 1. The van der Waals surface area contributed by atoms with Gasteiger partial charge in [0.2, 0.25) is 17.7 Å². The number of benzene rings is 2. The molecule has 1 aliphatic carbocycles. The molecule has 2 aromatic rings. The van der Waals surface area contributed by atoms with E-state index in [-0.39, 0.29) is 36.1 Å². The van der Waals surface area contributed by atoms with E-state index in [2.05, 4.69) is 17.4 Å². The molecule has 5 rings (SSSR count). The van der Waals surface area contributed by atoms with Crippen molar-refractivity contribution in [2.75, 3.05) is 31.6 Å². The fourth-order valence-corrected chi connectivity index (χ4v) is 5.57. The van der Waals surface area contributed by atoms with Crippen LogP contribution in [0.15, 0.2) is 42.5 Å². The van der Waals surface area contributed by atoms with Gasteiger partial charge in [0.05, 0.1) is 19.4 Å². The number of aryl methyl sites for hydroxylation is 2. The number of rotatable bonds is 6. The van der Waals surface area contributed by atoms with E-state index in [1.807, 2.05) is 35.2 Å². The van der Waals surface area contributed by atoms with Crippen LogP contribution in [-0.4, -0.2) is 55.4 Å². The fourth-order valence-electron chi connectivity index (χ4n) is 5.57. The Hall–Kier alpha value is -3.35. The van der Waals surface area contributed by atoms with Crippen molar-refractivity contribution in [3.05, 3.63) is 59.2 Å². The molecule has 2 heterocycles. The fraction of sp³-hybridized carbons (Fsp3) is 0.464. The lowest BCUT2D eigenvalue weighted by Crippen LogP contribution is -2.48. The Kier molecular flexibility index (Phi) is 6.75. The Morgan fingerprint density at radius 2 is 1.83 bits per heavy atom. The lowest BCUT2D eigenvalue weighted by Gasteiger charge is -2.33. The van der Waals surface area contributed by atoms with Crippen LogP contribution in [0.2, 0.25) is 0 Å². The standard InChI is InChI=1S/C28H33N3O4/c1-35-25-8-3-2-5-21(25)16-26(32)30-13-11-23(12-14-30)29-28(34)22-17-27(33)31(18-22)24-10-9-19-6-4-7-20(19)15-24/h2-3,5,8-10,15,22-23H,4,6-7,11-14,16-18H2,1H3,(H,29,34). The highest BCUT2D eigenvalue weighted by molar-refractivity contribution is 6.00. The monoisotopic (exact) mass is 475 g/mol. The number of fused-ring (bicyclic) bond motifs is 1. The lowest BCUT2D eigenvalue weighted by atomic mass is 10.0. The number of ether oxygens (including phenoxy) is 1. The van der Waals surface area contributed by atoms with Crippen LogP contribution >= 0.6 is 0 Å². The van der Waals surface area contributed by atoms with E-state index in [0.717, 1.165) is 42.7 Å². The second-order valence-corrected chi connectivity index (χ2v) is 9.86. The van der Waals surface area contributed by atoms with Crippen molar-refractivity contribution in [2.24, 2.45) is 5.92 Å². The van der Waals surface area contributed by atoms with Crippen LogP contribution in [0.25, 0.3) is 0 Å². The van der Waals surface area contributed by atoms with Gasteiger partial charge in [0, 0.05) is 43.3 Å². The molecule has 0 radical (unpaired) electrons. The maximum atomic E-state index is 13.0. The van der Waals surface area contributed by atoms with Crippen molar-refractivity contribution in [3.8, 4) is 5.75 Å². The molecule has 1 N–H and O–H groups in total. The molecule has 2 fully saturated rings. The number of piperidine rings is 1. The number of hydrogen-bond donors (Lipinski definition) is 1. The number of carbonyl (C=O) groups excluding carboxylic acids is 3.